The molecule has 1 fully saturated rings. The maximum absolute atomic E-state index is 13.0. The molecule has 0 radical (unpaired) electrons. The smallest absolute Gasteiger partial charge is 0.182 e. The Labute approximate surface area is 120 Å². The molecule has 0 N–H and O–H groups in total. The van der Waals surface area contributed by atoms with E-state index in [9.17, 15) is 4.79 Å². The Balaban J connectivity index is 1.90. The summed E-state index contributed by atoms with van der Waals surface area (Å²) >= 11 is 0. The van der Waals surface area contributed by atoms with Gasteiger partial charge in [-0.05, 0) is 63.0 Å². The molecule has 0 aliphatic carbocycles. The highest BCUT2D eigenvalue weighted by Gasteiger charge is 2.39. The summed E-state index contributed by atoms with van der Waals surface area (Å²) in [5, 5.41) is 0. The molecule has 1 aromatic rings. The van der Waals surface area contributed by atoms with Crippen molar-refractivity contribution in [2.75, 3.05) is 19.7 Å². The Morgan fingerprint density at radius 1 is 1.35 bits per heavy atom. The maximum atomic E-state index is 13.0. The second kappa shape index (κ2) is 5.21. The molecule has 1 atom stereocenters. The van der Waals surface area contributed by atoms with Gasteiger partial charge in [0, 0.05) is 12.0 Å². The zero-order valence-electron chi connectivity index (χ0n) is 12.4. The second-order valence-electron chi connectivity index (χ2n) is 6.07. The molecule has 3 heteroatoms. The molecular weight excluding hydrogens is 250 g/mol. The molecule has 0 saturated carbocycles. The summed E-state index contributed by atoms with van der Waals surface area (Å²) in [5.41, 5.74) is 1.66. The highest BCUT2D eigenvalue weighted by atomic mass is 16.5. The quantitative estimate of drug-likeness (QED) is 0.790. The third-order valence-electron chi connectivity index (χ3n) is 4.93. The molecule has 0 amide bonds. The first-order valence-corrected chi connectivity index (χ1v) is 7.71. The number of benzene rings is 1. The Hall–Kier alpha value is -1.35. The van der Waals surface area contributed by atoms with Gasteiger partial charge in [-0.3, -0.25) is 9.69 Å². The van der Waals surface area contributed by atoms with Crippen LogP contribution in [0.15, 0.2) is 18.2 Å². The Morgan fingerprint density at radius 3 is 2.80 bits per heavy atom. The van der Waals surface area contributed by atoms with Crippen molar-refractivity contribution in [2.24, 2.45) is 0 Å². The van der Waals surface area contributed by atoms with Crippen LogP contribution in [0.1, 0.15) is 49.0 Å². The minimum Gasteiger partial charge on any atom is -0.493 e. The van der Waals surface area contributed by atoms with Crippen LogP contribution in [0.4, 0.5) is 0 Å². The zero-order valence-corrected chi connectivity index (χ0v) is 12.4. The minimum atomic E-state index is -0.357. The molecule has 3 nitrogen and oxygen atoms in total. The third-order valence-corrected chi connectivity index (χ3v) is 4.93. The first-order chi connectivity index (χ1) is 9.65. The van der Waals surface area contributed by atoms with Gasteiger partial charge in [0.1, 0.15) is 5.75 Å². The molecule has 1 aromatic carbocycles. The van der Waals surface area contributed by atoms with Gasteiger partial charge in [0.15, 0.2) is 5.78 Å². The molecule has 2 aliphatic heterocycles. The summed E-state index contributed by atoms with van der Waals surface area (Å²) in [6, 6.07) is 5.92. The van der Waals surface area contributed by atoms with E-state index in [1.54, 1.807) is 0 Å². The van der Waals surface area contributed by atoms with E-state index in [1.807, 2.05) is 18.2 Å². The molecule has 3 rings (SSSR count). The number of carbonyl (C=O) groups is 1. The normalized spacial score (nSPS) is 21.3. The van der Waals surface area contributed by atoms with E-state index in [0.717, 1.165) is 43.9 Å². The summed E-state index contributed by atoms with van der Waals surface area (Å²) in [7, 11) is 0. The molecule has 0 bridgehead atoms. The van der Waals surface area contributed by atoms with Gasteiger partial charge in [0.05, 0.1) is 12.1 Å². The first kappa shape index (κ1) is 13.6. The molecule has 1 unspecified atom stereocenters. The Morgan fingerprint density at radius 2 is 2.10 bits per heavy atom. The maximum Gasteiger partial charge on any atom is 0.182 e. The molecule has 20 heavy (non-hydrogen) atoms. The average Bonchev–Trinajstić information content (AvgIpc) is 3.15. The topological polar surface area (TPSA) is 29.5 Å². The van der Waals surface area contributed by atoms with Gasteiger partial charge in [0.2, 0.25) is 0 Å². The van der Waals surface area contributed by atoms with Gasteiger partial charge in [-0.15, -0.1) is 0 Å². The average molecular weight is 273 g/mol. The van der Waals surface area contributed by atoms with Crippen LogP contribution in [-0.2, 0) is 6.42 Å². The zero-order chi connectivity index (χ0) is 14.2. The van der Waals surface area contributed by atoms with Crippen LogP contribution in [0.3, 0.4) is 0 Å². The van der Waals surface area contributed by atoms with Gasteiger partial charge >= 0.3 is 0 Å². The number of nitrogens with zero attached hydrogens (tertiary/aromatic N) is 1. The Kier molecular flexibility index (Phi) is 3.55. The van der Waals surface area contributed by atoms with E-state index in [1.165, 1.54) is 18.4 Å². The predicted octanol–water partition coefficient (Wildman–Crippen LogP) is 3.07. The third kappa shape index (κ3) is 2.14. The van der Waals surface area contributed by atoms with Crippen LogP contribution in [0.5, 0.6) is 5.75 Å². The van der Waals surface area contributed by atoms with Crippen molar-refractivity contribution < 1.29 is 9.53 Å². The lowest BCUT2D eigenvalue weighted by Gasteiger charge is -2.36. The van der Waals surface area contributed by atoms with Crippen LogP contribution < -0.4 is 4.74 Å². The van der Waals surface area contributed by atoms with E-state index in [0.29, 0.717) is 0 Å². The molecule has 2 aliphatic rings. The lowest BCUT2D eigenvalue weighted by molar-refractivity contribution is 0.0647. The standard InChI is InChI=1S/C17H23NO2/c1-3-17(2,18-9-4-5-10-18)16(19)14-6-7-15-13(12-14)8-11-20-15/h6-7,12H,3-5,8-11H2,1-2H3. The number of hydrogen-bond donors (Lipinski definition) is 0. The summed E-state index contributed by atoms with van der Waals surface area (Å²) < 4.78 is 5.52. The number of carbonyl (C=O) groups excluding carboxylic acids is 1. The summed E-state index contributed by atoms with van der Waals surface area (Å²) in [5.74, 6) is 1.21. The fourth-order valence-corrected chi connectivity index (χ4v) is 3.38. The van der Waals surface area contributed by atoms with Crippen molar-refractivity contribution in [1.29, 1.82) is 0 Å². The lowest BCUT2D eigenvalue weighted by atomic mass is 9.86. The summed E-state index contributed by atoms with van der Waals surface area (Å²) in [6.07, 6.45) is 4.20. The minimum absolute atomic E-state index is 0.261. The van der Waals surface area contributed by atoms with Crippen LogP contribution in [-0.4, -0.2) is 35.9 Å². The highest BCUT2D eigenvalue weighted by Crippen LogP contribution is 2.31. The summed E-state index contributed by atoms with van der Waals surface area (Å²) in [4.78, 5) is 15.4. The van der Waals surface area contributed by atoms with Gasteiger partial charge in [0.25, 0.3) is 0 Å². The van der Waals surface area contributed by atoms with E-state index >= 15 is 0 Å². The monoisotopic (exact) mass is 273 g/mol. The number of fused-ring (bicyclic) bond motifs is 1. The highest BCUT2D eigenvalue weighted by molar-refractivity contribution is 6.03. The second-order valence-corrected chi connectivity index (χ2v) is 6.07. The number of rotatable bonds is 4. The van der Waals surface area contributed by atoms with Crippen molar-refractivity contribution in [3.8, 4) is 5.75 Å². The number of Topliss-reactive ketones (excluding diaryl/α,β-unsaturated/α-hetero) is 1. The Bertz CT molecular complexity index is 520. The van der Waals surface area contributed by atoms with Crippen LogP contribution in [0.25, 0.3) is 0 Å². The molecule has 1 saturated heterocycles. The fourth-order valence-electron chi connectivity index (χ4n) is 3.38. The lowest BCUT2D eigenvalue weighted by Crippen LogP contribution is -2.50. The van der Waals surface area contributed by atoms with Gasteiger partial charge in [-0.25, -0.2) is 0 Å². The summed E-state index contributed by atoms with van der Waals surface area (Å²) in [6.45, 7) is 7.05. The van der Waals surface area contributed by atoms with E-state index in [2.05, 4.69) is 18.7 Å². The predicted molar refractivity (Wildman–Crippen MR) is 79.5 cm³/mol. The van der Waals surface area contributed by atoms with Gasteiger partial charge in [-0.1, -0.05) is 6.92 Å². The van der Waals surface area contributed by atoms with Gasteiger partial charge in [-0.2, -0.15) is 0 Å². The van der Waals surface area contributed by atoms with Gasteiger partial charge < -0.3 is 4.74 Å². The largest absolute Gasteiger partial charge is 0.493 e. The number of likely N-dealkylation sites (tertiary alicyclic amines) is 1. The number of ketones is 1. The molecule has 0 aromatic heterocycles. The fraction of sp³-hybridized carbons (Fsp3) is 0.588. The van der Waals surface area contributed by atoms with E-state index in [-0.39, 0.29) is 11.3 Å². The SMILES string of the molecule is CCC(C)(C(=O)c1ccc2c(c1)CCO2)N1CCCC1. The molecule has 108 valence electrons. The van der Waals surface area contributed by atoms with E-state index < -0.39 is 0 Å². The van der Waals surface area contributed by atoms with Crippen LogP contribution in [0.2, 0.25) is 0 Å². The first-order valence-electron chi connectivity index (χ1n) is 7.71. The van der Waals surface area contributed by atoms with Crippen molar-refractivity contribution in [1.82, 2.24) is 4.90 Å². The van der Waals surface area contributed by atoms with Crippen molar-refractivity contribution in [3.63, 3.8) is 0 Å². The number of ether oxygens (including phenoxy) is 1. The van der Waals surface area contributed by atoms with Crippen molar-refractivity contribution in [3.05, 3.63) is 29.3 Å². The van der Waals surface area contributed by atoms with Crippen LogP contribution >= 0.6 is 0 Å². The molecule has 0 spiro atoms. The van der Waals surface area contributed by atoms with Crippen LogP contribution in [0, 0.1) is 0 Å². The molecular formula is C17H23NO2. The van der Waals surface area contributed by atoms with Crippen molar-refractivity contribution in [2.45, 2.75) is 45.1 Å². The number of hydrogen-bond acceptors (Lipinski definition) is 3. The molecule has 2 heterocycles. The van der Waals surface area contributed by atoms with E-state index in [4.69, 9.17) is 4.74 Å². The van der Waals surface area contributed by atoms with Crippen molar-refractivity contribution >= 4 is 5.78 Å².